The van der Waals surface area contributed by atoms with Crippen molar-refractivity contribution in [3.63, 3.8) is 0 Å². The minimum Gasteiger partial charge on any atom is -0.353 e. The SMILES string of the molecule is CCC(C)NC(=O)C1COC2(CCN(C(=O)c3ccc(F)cc3F)CC2)N1C(=O)c1ccccc1. The summed E-state index contributed by atoms with van der Waals surface area (Å²) in [4.78, 5) is 42.5. The van der Waals surface area contributed by atoms with Crippen LogP contribution in [0.1, 0.15) is 53.8 Å². The Hall–Kier alpha value is -3.33. The van der Waals surface area contributed by atoms with Gasteiger partial charge in [0.05, 0.1) is 12.2 Å². The van der Waals surface area contributed by atoms with E-state index in [4.69, 9.17) is 4.74 Å². The van der Waals surface area contributed by atoms with Crippen LogP contribution in [0.15, 0.2) is 48.5 Å². The summed E-state index contributed by atoms with van der Waals surface area (Å²) in [6.45, 7) is 4.27. The number of nitrogens with zero attached hydrogens (tertiary/aromatic N) is 2. The number of hydrogen-bond acceptors (Lipinski definition) is 4. The number of amides is 3. The molecule has 2 aromatic carbocycles. The Morgan fingerprint density at radius 2 is 1.77 bits per heavy atom. The number of benzene rings is 2. The Morgan fingerprint density at radius 3 is 2.40 bits per heavy atom. The van der Waals surface area contributed by atoms with Crippen molar-refractivity contribution in [3.8, 4) is 0 Å². The first-order chi connectivity index (χ1) is 16.8. The largest absolute Gasteiger partial charge is 0.353 e. The third kappa shape index (κ3) is 4.91. The van der Waals surface area contributed by atoms with E-state index in [0.717, 1.165) is 18.6 Å². The van der Waals surface area contributed by atoms with Gasteiger partial charge in [-0.05, 0) is 37.6 Å². The fourth-order valence-electron chi connectivity index (χ4n) is 4.62. The van der Waals surface area contributed by atoms with Gasteiger partial charge >= 0.3 is 0 Å². The lowest BCUT2D eigenvalue weighted by Crippen LogP contribution is -2.60. The smallest absolute Gasteiger partial charge is 0.256 e. The monoisotopic (exact) mass is 485 g/mol. The van der Waals surface area contributed by atoms with Crippen molar-refractivity contribution in [3.05, 3.63) is 71.3 Å². The van der Waals surface area contributed by atoms with Crippen LogP contribution in [-0.4, -0.2) is 65.0 Å². The minimum atomic E-state index is -1.07. The summed E-state index contributed by atoms with van der Waals surface area (Å²) in [5, 5.41) is 2.94. The van der Waals surface area contributed by atoms with Gasteiger partial charge in [-0.25, -0.2) is 8.78 Å². The van der Waals surface area contributed by atoms with Gasteiger partial charge in [-0.15, -0.1) is 0 Å². The van der Waals surface area contributed by atoms with Crippen molar-refractivity contribution in [2.24, 2.45) is 0 Å². The molecule has 2 aliphatic rings. The van der Waals surface area contributed by atoms with Crippen LogP contribution in [0.25, 0.3) is 0 Å². The van der Waals surface area contributed by atoms with E-state index in [0.29, 0.717) is 11.6 Å². The number of carbonyl (C=O) groups is 3. The zero-order chi connectivity index (χ0) is 25.2. The van der Waals surface area contributed by atoms with Gasteiger partial charge < -0.3 is 15.0 Å². The number of ether oxygens (including phenoxy) is 1. The summed E-state index contributed by atoms with van der Waals surface area (Å²) in [5.74, 6) is -2.84. The van der Waals surface area contributed by atoms with Gasteiger partial charge in [0, 0.05) is 43.6 Å². The third-order valence-electron chi connectivity index (χ3n) is 6.80. The number of likely N-dealkylation sites (tertiary alicyclic amines) is 1. The van der Waals surface area contributed by atoms with Crippen LogP contribution in [0.2, 0.25) is 0 Å². The molecule has 7 nitrogen and oxygen atoms in total. The number of carbonyl (C=O) groups excluding carboxylic acids is 3. The molecule has 2 atom stereocenters. The van der Waals surface area contributed by atoms with E-state index in [2.05, 4.69) is 5.32 Å². The average molecular weight is 486 g/mol. The van der Waals surface area contributed by atoms with E-state index in [1.54, 1.807) is 30.3 Å². The van der Waals surface area contributed by atoms with Gasteiger partial charge in [0.2, 0.25) is 5.91 Å². The van der Waals surface area contributed by atoms with Crippen LogP contribution in [0, 0.1) is 11.6 Å². The highest BCUT2D eigenvalue weighted by atomic mass is 19.1. The Labute approximate surface area is 203 Å². The molecule has 4 rings (SSSR count). The van der Waals surface area contributed by atoms with E-state index >= 15 is 0 Å². The Morgan fingerprint density at radius 1 is 1.09 bits per heavy atom. The Bertz CT molecular complexity index is 1100. The van der Waals surface area contributed by atoms with E-state index in [1.165, 1.54) is 9.80 Å². The predicted molar refractivity (Wildman–Crippen MR) is 124 cm³/mol. The first-order valence-electron chi connectivity index (χ1n) is 11.8. The van der Waals surface area contributed by atoms with Crippen LogP contribution < -0.4 is 5.32 Å². The summed E-state index contributed by atoms with van der Waals surface area (Å²) >= 11 is 0. The zero-order valence-corrected chi connectivity index (χ0v) is 19.8. The summed E-state index contributed by atoms with van der Waals surface area (Å²) in [5.41, 5.74) is -0.842. The quantitative estimate of drug-likeness (QED) is 0.705. The number of piperidine rings is 1. The van der Waals surface area contributed by atoms with Crippen LogP contribution in [0.3, 0.4) is 0 Å². The highest BCUT2D eigenvalue weighted by molar-refractivity contribution is 5.98. The molecule has 0 saturated carbocycles. The lowest BCUT2D eigenvalue weighted by atomic mass is 9.96. The van der Waals surface area contributed by atoms with E-state index in [-0.39, 0.29) is 56.0 Å². The molecule has 0 radical (unpaired) electrons. The van der Waals surface area contributed by atoms with Gasteiger partial charge in [-0.1, -0.05) is 25.1 Å². The molecule has 0 aliphatic carbocycles. The van der Waals surface area contributed by atoms with Crippen LogP contribution >= 0.6 is 0 Å². The van der Waals surface area contributed by atoms with Gasteiger partial charge in [0.15, 0.2) is 0 Å². The molecule has 2 aliphatic heterocycles. The predicted octanol–water partition coefficient (Wildman–Crippen LogP) is 3.35. The van der Waals surface area contributed by atoms with Crippen molar-refractivity contribution in [2.45, 2.75) is 50.9 Å². The zero-order valence-electron chi connectivity index (χ0n) is 19.8. The lowest BCUT2D eigenvalue weighted by molar-refractivity contribution is -0.128. The number of halogens is 2. The molecule has 9 heteroatoms. The number of hydrogen-bond donors (Lipinski definition) is 1. The summed E-state index contributed by atoms with van der Waals surface area (Å²) in [6, 6.07) is 10.7. The van der Waals surface area contributed by atoms with Gasteiger partial charge in [-0.3, -0.25) is 19.3 Å². The number of nitrogens with one attached hydrogen (secondary N) is 1. The Balaban J connectivity index is 1.57. The fourth-order valence-corrected chi connectivity index (χ4v) is 4.62. The van der Waals surface area contributed by atoms with E-state index < -0.39 is 29.3 Å². The minimum absolute atomic E-state index is 0.0430. The van der Waals surface area contributed by atoms with Crippen molar-refractivity contribution >= 4 is 17.7 Å². The molecule has 2 saturated heterocycles. The normalized spacial score (nSPS) is 20.1. The first-order valence-corrected chi connectivity index (χ1v) is 11.8. The highest BCUT2D eigenvalue weighted by Gasteiger charge is 2.54. The molecule has 0 aromatic heterocycles. The molecule has 1 N–H and O–H groups in total. The molecule has 3 amide bonds. The van der Waals surface area contributed by atoms with Crippen LogP contribution in [0.4, 0.5) is 8.78 Å². The second kappa shape index (κ2) is 10.1. The van der Waals surface area contributed by atoms with E-state index in [1.807, 2.05) is 13.8 Å². The fraction of sp³-hybridized carbons (Fsp3) is 0.423. The van der Waals surface area contributed by atoms with E-state index in [9.17, 15) is 23.2 Å². The third-order valence-corrected chi connectivity index (χ3v) is 6.80. The average Bonchev–Trinajstić information content (AvgIpc) is 3.22. The van der Waals surface area contributed by atoms with Crippen molar-refractivity contribution in [1.82, 2.24) is 15.1 Å². The van der Waals surface area contributed by atoms with Gasteiger partial charge in [0.25, 0.3) is 11.8 Å². The van der Waals surface area contributed by atoms with Crippen molar-refractivity contribution in [1.29, 1.82) is 0 Å². The molecule has 186 valence electrons. The maximum Gasteiger partial charge on any atom is 0.256 e. The van der Waals surface area contributed by atoms with Gasteiger partial charge in [0.1, 0.15) is 23.4 Å². The first kappa shape index (κ1) is 24.8. The maximum absolute atomic E-state index is 14.2. The van der Waals surface area contributed by atoms with Gasteiger partial charge in [-0.2, -0.15) is 0 Å². The molecule has 2 heterocycles. The topological polar surface area (TPSA) is 79.0 Å². The molecule has 1 spiro atoms. The summed E-state index contributed by atoms with van der Waals surface area (Å²) in [7, 11) is 0. The highest BCUT2D eigenvalue weighted by Crippen LogP contribution is 2.39. The lowest BCUT2D eigenvalue weighted by Gasteiger charge is -2.44. The van der Waals surface area contributed by atoms with Crippen LogP contribution in [-0.2, 0) is 9.53 Å². The molecule has 2 aromatic rings. The maximum atomic E-state index is 14.2. The standard InChI is InChI=1S/C26H29F2N3O4/c1-3-17(2)29-23(32)22-16-35-26(31(22)24(33)18-7-5-4-6-8-18)11-13-30(14-12-26)25(34)20-10-9-19(27)15-21(20)28/h4-10,15,17,22H,3,11-14,16H2,1-2H3,(H,29,32). The van der Waals surface area contributed by atoms with Crippen molar-refractivity contribution in [2.75, 3.05) is 19.7 Å². The molecule has 35 heavy (non-hydrogen) atoms. The molecular formula is C26H29F2N3O4. The van der Waals surface area contributed by atoms with Crippen LogP contribution in [0.5, 0.6) is 0 Å². The summed E-state index contributed by atoms with van der Waals surface area (Å²) in [6.07, 6.45) is 1.26. The number of rotatable bonds is 5. The second-order valence-electron chi connectivity index (χ2n) is 9.05. The molecule has 2 unspecified atom stereocenters. The summed E-state index contributed by atoms with van der Waals surface area (Å²) < 4.78 is 33.6. The Kier molecular flexibility index (Phi) is 7.16. The molecular weight excluding hydrogens is 456 g/mol. The molecule has 2 fully saturated rings. The van der Waals surface area contributed by atoms with Crippen molar-refractivity contribution < 1.29 is 27.9 Å². The second-order valence-corrected chi connectivity index (χ2v) is 9.05. The molecule has 0 bridgehead atoms.